The van der Waals surface area contributed by atoms with Crippen LogP contribution >= 0.6 is 11.6 Å². The highest BCUT2D eigenvalue weighted by Gasteiger charge is 2.29. The number of hydrogen-bond donors (Lipinski definition) is 0. The van der Waals surface area contributed by atoms with Gasteiger partial charge < -0.3 is 4.74 Å². The first-order valence-electron chi connectivity index (χ1n) is 6.88. The second-order valence-electron chi connectivity index (χ2n) is 5.70. The average Bonchev–Trinajstić information content (AvgIpc) is 2.47. The molecule has 0 atom stereocenters. The molecule has 0 unspecified atom stereocenters. The summed E-state index contributed by atoms with van der Waals surface area (Å²) in [5.74, 6) is 0.399. The fourth-order valence-electron chi connectivity index (χ4n) is 2.47. The molecule has 2 heterocycles. The lowest BCUT2D eigenvalue weighted by molar-refractivity contribution is 0.108. The molecule has 3 nitrogen and oxygen atoms in total. The van der Waals surface area contributed by atoms with Crippen LogP contribution < -0.4 is 0 Å². The van der Waals surface area contributed by atoms with Crippen LogP contribution in [0.15, 0.2) is 24.3 Å². The summed E-state index contributed by atoms with van der Waals surface area (Å²) in [6.45, 7) is 5.14. The lowest BCUT2D eigenvalue weighted by atomic mass is 9.83. The molecule has 0 fully saturated rings. The molecule has 0 radical (unpaired) electrons. The van der Waals surface area contributed by atoms with E-state index in [1.165, 1.54) is 12.1 Å². The van der Waals surface area contributed by atoms with Gasteiger partial charge in [-0.25, -0.2) is 14.4 Å². The minimum atomic E-state index is -0.440. The van der Waals surface area contributed by atoms with Crippen molar-refractivity contribution >= 4 is 11.6 Å². The SMILES string of the molecule is CC(C)(c1ccc(F)cc1)c1nc(Cl)c2c(n1)CCOC2. The number of hydrogen-bond acceptors (Lipinski definition) is 3. The number of ether oxygens (including phenoxy) is 1. The van der Waals surface area contributed by atoms with E-state index in [0.29, 0.717) is 24.2 Å². The van der Waals surface area contributed by atoms with Crippen LogP contribution in [0.25, 0.3) is 0 Å². The van der Waals surface area contributed by atoms with E-state index in [0.717, 1.165) is 23.2 Å². The van der Waals surface area contributed by atoms with E-state index in [2.05, 4.69) is 9.97 Å². The summed E-state index contributed by atoms with van der Waals surface area (Å²) in [6, 6.07) is 6.42. The van der Waals surface area contributed by atoms with Crippen molar-refractivity contribution in [3.8, 4) is 0 Å². The molecule has 0 spiro atoms. The molecule has 0 amide bonds. The van der Waals surface area contributed by atoms with Crippen molar-refractivity contribution in [1.82, 2.24) is 9.97 Å². The number of halogens is 2. The summed E-state index contributed by atoms with van der Waals surface area (Å²) in [7, 11) is 0. The summed E-state index contributed by atoms with van der Waals surface area (Å²) in [4.78, 5) is 9.11. The van der Waals surface area contributed by atoms with Gasteiger partial charge in [-0.15, -0.1) is 0 Å². The van der Waals surface area contributed by atoms with Gasteiger partial charge in [-0.05, 0) is 31.5 Å². The maximum absolute atomic E-state index is 13.1. The molecule has 0 saturated carbocycles. The summed E-state index contributed by atoms with van der Waals surface area (Å²) >= 11 is 6.27. The smallest absolute Gasteiger partial charge is 0.140 e. The van der Waals surface area contributed by atoms with Gasteiger partial charge in [0.1, 0.15) is 16.8 Å². The van der Waals surface area contributed by atoms with Crippen LogP contribution in [0.5, 0.6) is 0 Å². The Kier molecular flexibility index (Phi) is 3.68. The van der Waals surface area contributed by atoms with Gasteiger partial charge in [0.15, 0.2) is 0 Å². The maximum atomic E-state index is 13.1. The minimum Gasteiger partial charge on any atom is -0.376 e. The van der Waals surface area contributed by atoms with Crippen LogP contribution in [0.1, 0.15) is 36.5 Å². The Morgan fingerprint density at radius 3 is 2.62 bits per heavy atom. The van der Waals surface area contributed by atoms with Crippen molar-refractivity contribution in [2.24, 2.45) is 0 Å². The number of benzene rings is 1. The summed E-state index contributed by atoms with van der Waals surface area (Å²) < 4.78 is 18.5. The highest BCUT2D eigenvalue weighted by molar-refractivity contribution is 6.30. The summed E-state index contributed by atoms with van der Waals surface area (Å²) in [5.41, 5.74) is 2.34. The van der Waals surface area contributed by atoms with Crippen molar-refractivity contribution in [2.75, 3.05) is 6.61 Å². The largest absolute Gasteiger partial charge is 0.376 e. The topological polar surface area (TPSA) is 35.0 Å². The summed E-state index contributed by atoms with van der Waals surface area (Å²) in [5, 5.41) is 0.449. The van der Waals surface area contributed by atoms with E-state index >= 15 is 0 Å². The van der Waals surface area contributed by atoms with Gasteiger partial charge in [-0.1, -0.05) is 23.7 Å². The van der Waals surface area contributed by atoms with Crippen LogP contribution in [-0.2, 0) is 23.2 Å². The van der Waals surface area contributed by atoms with Gasteiger partial charge in [-0.3, -0.25) is 0 Å². The number of fused-ring (bicyclic) bond motifs is 1. The highest BCUT2D eigenvalue weighted by Crippen LogP contribution is 2.32. The second kappa shape index (κ2) is 5.35. The normalized spacial score (nSPS) is 14.9. The van der Waals surface area contributed by atoms with Gasteiger partial charge in [0, 0.05) is 17.4 Å². The van der Waals surface area contributed by atoms with Gasteiger partial charge in [-0.2, -0.15) is 0 Å². The van der Waals surface area contributed by atoms with Crippen molar-refractivity contribution in [3.05, 3.63) is 57.9 Å². The van der Waals surface area contributed by atoms with E-state index < -0.39 is 5.41 Å². The third-order valence-electron chi connectivity index (χ3n) is 3.90. The molecule has 3 rings (SSSR count). The van der Waals surface area contributed by atoms with E-state index in [1.54, 1.807) is 12.1 Å². The van der Waals surface area contributed by atoms with Gasteiger partial charge in [0.05, 0.1) is 18.9 Å². The molecule has 21 heavy (non-hydrogen) atoms. The lowest BCUT2D eigenvalue weighted by Crippen LogP contribution is -2.25. The Morgan fingerprint density at radius 2 is 1.90 bits per heavy atom. The Labute approximate surface area is 128 Å². The third-order valence-corrected chi connectivity index (χ3v) is 4.21. The monoisotopic (exact) mass is 306 g/mol. The first-order chi connectivity index (χ1) is 9.98. The van der Waals surface area contributed by atoms with Crippen LogP contribution in [0.2, 0.25) is 5.15 Å². The Balaban J connectivity index is 2.06. The zero-order valence-electron chi connectivity index (χ0n) is 12.0. The number of aromatic nitrogens is 2. The van der Waals surface area contributed by atoms with Crippen LogP contribution in [-0.4, -0.2) is 16.6 Å². The minimum absolute atomic E-state index is 0.254. The lowest BCUT2D eigenvalue weighted by Gasteiger charge is -2.26. The van der Waals surface area contributed by atoms with Gasteiger partial charge in [0.2, 0.25) is 0 Å². The quantitative estimate of drug-likeness (QED) is 0.794. The Hall–Kier alpha value is -1.52. The molecule has 0 bridgehead atoms. The van der Waals surface area contributed by atoms with E-state index in [4.69, 9.17) is 16.3 Å². The van der Waals surface area contributed by atoms with Crippen LogP contribution in [0, 0.1) is 5.82 Å². The zero-order valence-corrected chi connectivity index (χ0v) is 12.7. The van der Waals surface area contributed by atoms with Crippen molar-refractivity contribution in [2.45, 2.75) is 32.3 Å². The average molecular weight is 307 g/mol. The highest BCUT2D eigenvalue weighted by atomic mass is 35.5. The maximum Gasteiger partial charge on any atom is 0.140 e. The first kappa shape index (κ1) is 14.4. The molecule has 2 aromatic rings. The fraction of sp³-hybridized carbons (Fsp3) is 0.375. The third kappa shape index (κ3) is 2.65. The summed E-state index contributed by atoms with van der Waals surface area (Å²) in [6.07, 6.45) is 0.740. The molecule has 0 saturated heterocycles. The van der Waals surface area contributed by atoms with Crippen LogP contribution in [0.4, 0.5) is 4.39 Å². The fourth-order valence-corrected chi connectivity index (χ4v) is 2.71. The van der Waals surface area contributed by atoms with Crippen LogP contribution in [0.3, 0.4) is 0 Å². The first-order valence-corrected chi connectivity index (χ1v) is 7.26. The predicted octanol–water partition coefficient (Wildman–Crippen LogP) is 3.67. The molecule has 0 aliphatic carbocycles. The number of nitrogens with zero attached hydrogens (tertiary/aromatic N) is 2. The molecular formula is C16H16ClFN2O. The second-order valence-corrected chi connectivity index (χ2v) is 6.06. The van der Waals surface area contributed by atoms with Gasteiger partial charge >= 0.3 is 0 Å². The molecule has 1 aliphatic heterocycles. The van der Waals surface area contributed by atoms with E-state index in [1.807, 2.05) is 13.8 Å². The van der Waals surface area contributed by atoms with Crippen molar-refractivity contribution in [3.63, 3.8) is 0 Å². The molecule has 110 valence electrons. The standard InChI is InChI=1S/C16H16ClFN2O/c1-16(2,10-3-5-11(18)6-4-10)15-19-13-7-8-21-9-12(13)14(17)20-15/h3-6H,7-9H2,1-2H3. The van der Waals surface area contributed by atoms with E-state index in [9.17, 15) is 4.39 Å². The number of rotatable bonds is 2. The molecule has 1 aromatic carbocycles. The Bertz CT molecular complexity index is 671. The van der Waals surface area contributed by atoms with Crippen molar-refractivity contribution < 1.29 is 9.13 Å². The molecular weight excluding hydrogens is 291 g/mol. The molecule has 5 heteroatoms. The Morgan fingerprint density at radius 1 is 1.19 bits per heavy atom. The zero-order chi connectivity index (χ0) is 15.0. The molecule has 1 aliphatic rings. The van der Waals surface area contributed by atoms with Crippen molar-refractivity contribution in [1.29, 1.82) is 0 Å². The van der Waals surface area contributed by atoms with E-state index in [-0.39, 0.29) is 5.82 Å². The molecule has 1 aromatic heterocycles. The predicted molar refractivity (Wildman–Crippen MR) is 78.9 cm³/mol. The molecule has 0 N–H and O–H groups in total. The van der Waals surface area contributed by atoms with Gasteiger partial charge in [0.25, 0.3) is 0 Å².